The maximum Gasteiger partial charge on any atom is 0.0991 e. The number of aliphatic hydroxyl groups excluding tert-OH is 1. The summed E-state index contributed by atoms with van der Waals surface area (Å²) in [6, 6.07) is 7.52. The lowest BCUT2D eigenvalue weighted by atomic mass is 9.78. The van der Waals surface area contributed by atoms with Gasteiger partial charge in [0.1, 0.15) is 0 Å². The van der Waals surface area contributed by atoms with Crippen LogP contribution < -0.4 is 0 Å². The summed E-state index contributed by atoms with van der Waals surface area (Å²) in [5, 5.41) is 20.9. The van der Waals surface area contributed by atoms with E-state index in [-0.39, 0.29) is 0 Å². The molecule has 4 heteroatoms. The first-order valence-electron chi connectivity index (χ1n) is 6.57. The van der Waals surface area contributed by atoms with Crippen molar-refractivity contribution in [1.82, 2.24) is 0 Å². The molecule has 1 saturated carbocycles. The van der Waals surface area contributed by atoms with Gasteiger partial charge in [0.15, 0.2) is 0 Å². The van der Waals surface area contributed by atoms with Gasteiger partial charge < -0.3 is 5.11 Å². The molecule has 0 bridgehead atoms. The van der Waals surface area contributed by atoms with Crippen molar-refractivity contribution in [2.75, 3.05) is 0 Å². The molecule has 1 aromatic carbocycles. The fourth-order valence-electron chi connectivity index (χ4n) is 2.97. The third-order valence-electron chi connectivity index (χ3n) is 4.25. The van der Waals surface area contributed by atoms with E-state index >= 15 is 0 Å². The van der Waals surface area contributed by atoms with E-state index in [4.69, 9.17) is 23.2 Å². The van der Waals surface area contributed by atoms with Crippen LogP contribution >= 0.6 is 23.2 Å². The van der Waals surface area contributed by atoms with E-state index in [9.17, 15) is 10.4 Å². The highest BCUT2D eigenvalue weighted by Gasteiger charge is 2.45. The molecule has 1 fully saturated rings. The zero-order valence-corrected chi connectivity index (χ0v) is 12.4. The Morgan fingerprint density at radius 1 is 1.53 bits per heavy atom. The van der Waals surface area contributed by atoms with Crippen LogP contribution in [0.2, 0.25) is 10.0 Å². The minimum absolute atomic E-state index is 0.353. The number of nitriles is 1. The first kappa shape index (κ1) is 14.7. The van der Waals surface area contributed by atoms with Crippen molar-refractivity contribution in [3.05, 3.63) is 33.8 Å². The highest BCUT2D eigenvalue weighted by molar-refractivity contribution is 6.42. The fraction of sp³-hybridized carbons (Fsp3) is 0.533. The molecule has 1 aliphatic carbocycles. The second-order valence-corrected chi connectivity index (χ2v) is 6.12. The van der Waals surface area contributed by atoms with Crippen LogP contribution in [0.3, 0.4) is 0 Å². The lowest BCUT2D eigenvalue weighted by molar-refractivity contribution is 0.0642. The van der Waals surface area contributed by atoms with Gasteiger partial charge in [0.25, 0.3) is 0 Å². The van der Waals surface area contributed by atoms with Crippen LogP contribution in [0.1, 0.15) is 44.3 Å². The van der Waals surface area contributed by atoms with Crippen LogP contribution in [0, 0.1) is 22.7 Å². The summed E-state index contributed by atoms with van der Waals surface area (Å²) < 4.78 is 0. The van der Waals surface area contributed by atoms with Gasteiger partial charge in [-0.25, -0.2) is 0 Å². The average molecular weight is 298 g/mol. The Morgan fingerprint density at radius 2 is 2.26 bits per heavy atom. The normalized spacial score (nSPS) is 28.1. The summed E-state index contributed by atoms with van der Waals surface area (Å²) in [7, 11) is 0. The van der Waals surface area contributed by atoms with E-state index in [1.54, 1.807) is 18.2 Å². The van der Waals surface area contributed by atoms with Gasteiger partial charge in [0, 0.05) is 5.56 Å². The smallest absolute Gasteiger partial charge is 0.0991 e. The quantitative estimate of drug-likeness (QED) is 0.875. The highest BCUT2D eigenvalue weighted by atomic mass is 35.5. The zero-order chi connectivity index (χ0) is 14.0. The Kier molecular flexibility index (Phi) is 4.40. The highest BCUT2D eigenvalue weighted by Crippen LogP contribution is 2.51. The van der Waals surface area contributed by atoms with Crippen molar-refractivity contribution in [3.8, 4) is 6.07 Å². The molecule has 0 radical (unpaired) electrons. The molecule has 0 heterocycles. The molecule has 0 saturated heterocycles. The Hall–Kier alpha value is -0.750. The summed E-state index contributed by atoms with van der Waals surface area (Å²) in [5.74, 6) is 0.507. The van der Waals surface area contributed by atoms with Crippen molar-refractivity contribution in [2.45, 2.75) is 38.7 Å². The summed E-state index contributed by atoms with van der Waals surface area (Å²) in [6.07, 6.45) is 2.59. The van der Waals surface area contributed by atoms with Gasteiger partial charge in [-0.2, -0.15) is 5.26 Å². The predicted octanol–water partition coefficient (Wildman–Crippen LogP) is 4.75. The topological polar surface area (TPSA) is 44.0 Å². The molecule has 2 nitrogen and oxygen atoms in total. The number of hydrogen-bond donors (Lipinski definition) is 1. The standard InChI is InChI=1S/C15H17Cl2NO/c1-2-10-6-7-15(8-10,9-18)14(19)11-4-3-5-12(16)13(11)17/h3-5,10,14,19H,2,6-8H2,1H3. The molecule has 1 aromatic rings. The molecular weight excluding hydrogens is 281 g/mol. The molecule has 19 heavy (non-hydrogen) atoms. The van der Waals surface area contributed by atoms with Crippen molar-refractivity contribution in [2.24, 2.45) is 11.3 Å². The van der Waals surface area contributed by atoms with Crippen LogP contribution in [0.5, 0.6) is 0 Å². The van der Waals surface area contributed by atoms with Gasteiger partial charge in [-0.1, -0.05) is 48.7 Å². The molecule has 0 amide bonds. The first-order valence-corrected chi connectivity index (χ1v) is 7.33. The zero-order valence-electron chi connectivity index (χ0n) is 10.9. The average Bonchev–Trinajstić information content (AvgIpc) is 2.86. The number of nitrogens with zero attached hydrogens (tertiary/aromatic N) is 1. The number of halogens is 2. The van der Waals surface area contributed by atoms with Crippen molar-refractivity contribution >= 4 is 23.2 Å². The predicted molar refractivity (Wildman–Crippen MR) is 77.1 cm³/mol. The molecule has 1 N–H and O–H groups in total. The Morgan fingerprint density at radius 3 is 2.84 bits per heavy atom. The molecule has 102 valence electrons. The largest absolute Gasteiger partial charge is 0.387 e. The number of hydrogen-bond acceptors (Lipinski definition) is 2. The van der Waals surface area contributed by atoms with Crippen molar-refractivity contribution in [1.29, 1.82) is 5.26 Å². The SMILES string of the molecule is CCC1CCC(C#N)(C(O)c2cccc(Cl)c2Cl)C1. The lowest BCUT2D eigenvalue weighted by Gasteiger charge is -2.28. The van der Waals surface area contributed by atoms with Crippen molar-refractivity contribution < 1.29 is 5.11 Å². The van der Waals surface area contributed by atoms with E-state index in [1.807, 2.05) is 0 Å². The Balaban J connectivity index is 2.35. The Bertz CT molecular complexity index is 511. The van der Waals surface area contributed by atoms with Crippen LogP contribution in [0.15, 0.2) is 18.2 Å². The molecule has 0 spiro atoms. The summed E-state index contributed by atoms with van der Waals surface area (Å²) in [4.78, 5) is 0. The molecule has 2 rings (SSSR count). The number of rotatable bonds is 3. The number of aliphatic hydroxyl groups is 1. The monoisotopic (exact) mass is 297 g/mol. The van der Waals surface area contributed by atoms with Gasteiger partial charge in [-0.3, -0.25) is 0 Å². The van der Waals surface area contributed by atoms with Crippen LogP contribution in [-0.2, 0) is 0 Å². The summed E-state index contributed by atoms with van der Waals surface area (Å²) in [5.41, 5.74) is -0.165. The first-order chi connectivity index (χ1) is 9.04. The van der Waals surface area contributed by atoms with Gasteiger partial charge in [0.05, 0.1) is 27.6 Å². The minimum Gasteiger partial charge on any atom is -0.387 e. The third-order valence-corrected chi connectivity index (χ3v) is 5.08. The second-order valence-electron chi connectivity index (χ2n) is 5.33. The van der Waals surface area contributed by atoms with Gasteiger partial charge in [-0.05, 0) is 31.2 Å². The maximum atomic E-state index is 10.6. The van der Waals surface area contributed by atoms with E-state index < -0.39 is 11.5 Å². The molecule has 1 aliphatic rings. The molecule has 3 unspecified atom stereocenters. The number of benzene rings is 1. The van der Waals surface area contributed by atoms with Gasteiger partial charge in [-0.15, -0.1) is 0 Å². The fourth-order valence-corrected chi connectivity index (χ4v) is 3.38. The maximum absolute atomic E-state index is 10.6. The summed E-state index contributed by atoms with van der Waals surface area (Å²) >= 11 is 12.1. The van der Waals surface area contributed by atoms with Crippen LogP contribution in [0.25, 0.3) is 0 Å². The van der Waals surface area contributed by atoms with Crippen LogP contribution in [0.4, 0.5) is 0 Å². The minimum atomic E-state index is -0.875. The van der Waals surface area contributed by atoms with Gasteiger partial charge in [0.2, 0.25) is 0 Å². The molecule has 0 aromatic heterocycles. The van der Waals surface area contributed by atoms with E-state index in [0.29, 0.717) is 27.9 Å². The van der Waals surface area contributed by atoms with E-state index in [2.05, 4.69) is 13.0 Å². The van der Waals surface area contributed by atoms with Gasteiger partial charge >= 0.3 is 0 Å². The molecule has 3 atom stereocenters. The second kappa shape index (κ2) is 5.71. The Labute approximate surface area is 124 Å². The van der Waals surface area contributed by atoms with E-state index in [1.165, 1.54) is 0 Å². The molecule has 0 aliphatic heterocycles. The van der Waals surface area contributed by atoms with E-state index in [0.717, 1.165) is 19.3 Å². The van der Waals surface area contributed by atoms with Crippen molar-refractivity contribution in [3.63, 3.8) is 0 Å². The third kappa shape index (κ3) is 2.60. The summed E-state index contributed by atoms with van der Waals surface area (Å²) in [6.45, 7) is 2.12. The molecular formula is C15H17Cl2NO. The van der Waals surface area contributed by atoms with Crippen LogP contribution in [-0.4, -0.2) is 5.11 Å². The lowest BCUT2D eigenvalue weighted by Crippen LogP contribution is -2.25.